The molecule has 2 aromatic heterocycles. The van der Waals surface area contributed by atoms with Gasteiger partial charge in [-0.25, -0.2) is 9.78 Å². The van der Waals surface area contributed by atoms with Crippen molar-refractivity contribution in [1.82, 2.24) is 20.3 Å². The summed E-state index contributed by atoms with van der Waals surface area (Å²) in [7, 11) is 0. The lowest BCUT2D eigenvalue weighted by atomic mass is 10.1. The summed E-state index contributed by atoms with van der Waals surface area (Å²) < 4.78 is 31.7. The normalized spacial score (nSPS) is 14.5. The average molecular weight is 435 g/mol. The average Bonchev–Trinajstić information content (AvgIpc) is 3.03. The number of aromatic amines is 1. The van der Waals surface area contributed by atoms with Crippen LogP contribution < -0.4 is 15.8 Å². The first kappa shape index (κ1) is 22.2. The van der Waals surface area contributed by atoms with E-state index in [9.17, 15) is 18.0 Å². The number of aliphatic carboxylic acids is 1. The second-order valence-corrected chi connectivity index (χ2v) is 6.78. The number of nitrogens with zero attached hydrogens (tertiary/aromatic N) is 3. The monoisotopic (exact) mass is 435 g/mol. The standard InChI is InChI=1S/C18H19N5O.C2HF3O2/c24-18-5-4-13-2-3-14(10-15(13)22-18)16-11-20-12-17(21-16)23-8-1-6-19-7-9-23;3-2(4,5)1(6)7/h2-5,10-12,19H,1,6-9H2,(H,22,24);(H,6,7). The van der Waals surface area contributed by atoms with Gasteiger partial charge < -0.3 is 20.3 Å². The number of carboxylic acids is 1. The van der Waals surface area contributed by atoms with Crippen molar-refractivity contribution in [3.8, 4) is 11.3 Å². The molecule has 0 bridgehead atoms. The van der Waals surface area contributed by atoms with E-state index in [1.165, 1.54) is 6.07 Å². The molecular weight excluding hydrogens is 415 g/mol. The molecule has 0 saturated carbocycles. The van der Waals surface area contributed by atoms with Crippen LogP contribution >= 0.6 is 0 Å². The van der Waals surface area contributed by atoms with Gasteiger partial charge in [0.05, 0.1) is 18.1 Å². The fourth-order valence-electron chi connectivity index (χ4n) is 3.03. The second kappa shape index (κ2) is 9.56. The summed E-state index contributed by atoms with van der Waals surface area (Å²) in [6.07, 6.45) is -0.400. The third-order valence-corrected chi connectivity index (χ3v) is 4.55. The molecule has 1 aliphatic heterocycles. The number of fused-ring (bicyclic) bond motifs is 1. The molecule has 0 radical (unpaired) electrons. The first-order valence-electron chi connectivity index (χ1n) is 9.45. The molecule has 3 heterocycles. The van der Waals surface area contributed by atoms with E-state index < -0.39 is 12.1 Å². The molecule has 0 atom stereocenters. The Labute approximate surface area is 174 Å². The van der Waals surface area contributed by atoms with Crippen LogP contribution in [0, 0.1) is 0 Å². The number of anilines is 1. The minimum atomic E-state index is -5.08. The molecule has 4 rings (SSSR count). The Morgan fingerprint density at radius 3 is 2.58 bits per heavy atom. The van der Waals surface area contributed by atoms with Crippen LogP contribution in [0.3, 0.4) is 0 Å². The summed E-state index contributed by atoms with van der Waals surface area (Å²) >= 11 is 0. The Balaban J connectivity index is 0.000000339. The summed E-state index contributed by atoms with van der Waals surface area (Å²) in [5.41, 5.74) is 2.48. The summed E-state index contributed by atoms with van der Waals surface area (Å²) in [6, 6.07) is 9.32. The highest BCUT2D eigenvalue weighted by Crippen LogP contribution is 2.23. The highest BCUT2D eigenvalue weighted by atomic mass is 19.4. The molecule has 3 aromatic rings. The summed E-state index contributed by atoms with van der Waals surface area (Å²) in [6.45, 7) is 3.92. The molecule has 1 aromatic carbocycles. The van der Waals surface area contributed by atoms with Crippen LogP contribution in [0.1, 0.15) is 6.42 Å². The zero-order valence-electron chi connectivity index (χ0n) is 16.3. The Hall–Kier alpha value is -3.47. The molecule has 0 spiro atoms. The van der Waals surface area contributed by atoms with E-state index in [-0.39, 0.29) is 5.56 Å². The molecule has 0 amide bonds. The smallest absolute Gasteiger partial charge is 0.475 e. The minimum Gasteiger partial charge on any atom is -0.475 e. The van der Waals surface area contributed by atoms with Crippen LogP contribution in [0.5, 0.6) is 0 Å². The van der Waals surface area contributed by atoms with E-state index in [0.29, 0.717) is 0 Å². The summed E-state index contributed by atoms with van der Waals surface area (Å²) in [4.78, 5) is 34.7. The van der Waals surface area contributed by atoms with Crippen LogP contribution in [0.15, 0.2) is 47.5 Å². The number of halogens is 3. The molecule has 31 heavy (non-hydrogen) atoms. The topological polar surface area (TPSA) is 111 Å². The molecule has 164 valence electrons. The number of carbonyl (C=O) groups is 1. The van der Waals surface area contributed by atoms with E-state index >= 15 is 0 Å². The van der Waals surface area contributed by atoms with Crippen molar-refractivity contribution < 1.29 is 23.1 Å². The molecule has 1 saturated heterocycles. The van der Waals surface area contributed by atoms with Crippen molar-refractivity contribution in [3.05, 3.63) is 53.1 Å². The van der Waals surface area contributed by atoms with Crippen molar-refractivity contribution in [1.29, 1.82) is 0 Å². The lowest BCUT2D eigenvalue weighted by Gasteiger charge is -2.21. The molecule has 3 N–H and O–H groups in total. The number of alkyl halides is 3. The number of hydrogen-bond donors (Lipinski definition) is 3. The quantitative estimate of drug-likeness (QED) is 0.567. The number of rotatable bonds is 2. The zero-order valence-corrected chi connectivity index (χ0v) is 16.3. The molecule has 11 heteroatoms. The van der Waals surface area contributed by atoms with Gasteiger partial charge in [0, 0.05) is 36.8 Å². The third-order valence-electron chi connectivity index (χ3n) is 4.55. The lowest BCUT2D eigenvalue weighted by Crippen LogP contribution is -2.28. The third kappa shape index (κ3) is 6.01. The number of H-pyrrole nitrogens is 1. The van der Waals surface area contributed by atoms with Gasteiger partial charge in [0.15, 0.2) is 0 Å². The first-order valence-corrected chi connectivity index (χ1v) is 9.45. The molecular formula is C20H20F3N5O3. The summed E-state index contributed by atoms with van der Waals surface area (Å²) in [5, 5.41) is 11.5. The van der Waals surface area contributed by atoms with Crippen LogP contribution in [0.4, 0.5) is 19.0 Å². The van der Waals surface area contributed by atoms with Crippen LogP contribution in [-0.4, -0.2) is 58.4 Å². The fraction of sp³-hybridized carbons (Fsp3) is 0.300. The molecule has 0 aliphatic carbocycles. The number of pyridine rings is 1. The second-order valence-electron chi connectivity index (χ2n) is 6.78. The van der Waals surface area contributed by atoms with Crippen LogP contribution in [0.25, 0.3) is 22.2 Å². The van der Waals surface area contributed by atoms with Gasteiger partial charge in [0.1, 0.15) is 5.82 Å². The Bertz CT molecular complexity index is 1110. The van der Waals surface area contributed by atoms with E-state index in [0.717, 1.165) is 60.6 Å². The first-order chi connectivity index (χ1) is 14.7. The van der Waals surface area contributed by atoms with E-state index in [4.69, 9.17) is 14.9 Å². The van der Waals surface area contributed by atoms with Crippen LogP contribution in [0.2, 0.25) is 0 Å². The lowest BCUT2D eigenvalue weighted by molar-refractivity contribution is -0.192. The largest absolute Gasteiger partial charge is 0.490 e. The predicted molar refractivity (Wildman–Crippen MR) is 109 cm³/mol. The van der Waals surface area contributed by atoms with Gasteiger partial charge >= 0.3 is 12.1 Å². The zero-order chi connectivity index (χ0) is 22.4. The van der Waals surface area contributed by atoms with E-state index in [1.807, 2.05) is 30.5 Å². The van der Waals surface area contributed by atoms with E-state index in [1.54, 1.807) is 6.20 Å². The maximum Gasteiger partial charge on any atom is 0.490 e. The van der Waals surface area contributed by atoms with Gasteiger partial charge in [-0.15, -0.1) is 0 Å². The van der Waals surface area contributed by atoms with Gasteiger partial charge in [-0.05, 0) is 30.5 Å². The fourth-order valence-corrected chi connectivity index (χ4v) is 3.03. The highest BCUT2D eigenvalue weighted by Gasteiger charge is 2.38. The number of aromatic nitrogens is 3. The molecule has 0 unspecified atom stereocenters. The Kier molecular flexibility index (Phi) is 6.85. The van der Waals surface area contributed by atoms with Crippen molar-refractivity contribution in [2.75, 3.05) is 31.1 Å². The Morgan fingerprint density at radius 2 is 1.84 bits per heavy atom. The van der Waals surface area contributed by atoms with E-state index in [2.05, 4.69) is 20.2 Å². The molecule has 1 aliphatic rings. The predicted octanol–water partition coefficient (Wildman–Crippen LogP) is 2.42. The minimum absolute atomic E-state index is 0.100. The van der Waals surface area contributed by atoms with Gasteiger partial charge in [-0.3, -0.25) is 9.78 Å². The number of benzene rings is 1. The van der Waals surface area contributed by atoms with Crippen molar-refractivity contribution >= 4 is 22.7 Å². The highest BCUT2D eigenvalue weighted by molar-refractivity contribution is 5.83. The van der Waals surface area contributed by atoms with Crippen molar-refractivity contribution in [3.63, 3.8) is 0 Å². The summed E-state index contributed by atoms with van der Waals surface area (Å²) in [5.74, 6) is -1.86. The van der Waals surface area contributed by atoms with Gasteiger partial charge in [0.2, 0.25) is 5.56 Å². The maximum absolute atomic E-state index is 11.5. The van der Waals surface area contributed by atoms with Gasteiger partial charge in [0.25, 0.3) is 0 Å². The number of hydrogen-bond acceptors (Lipinski definition) is 6. The van der Waals surface area contributed by atoms with Gasteiger partial charge in [-0.2, -0.15) is 13.2 Å². The number of nitrogens with one attached hydrogen (secondary N) is 2. The SMILES string of the molecule is O=C(O)C(F)(F)F.O=c1ccc2ccc(-c3cncc(N4CCCNCC4)n3)cc2[nH]1. The van der Waals surface area contributed by atoms with Crippen molar-refractivity contribution in [2.24, 2.45) is 0 Å². The molecule has 1 fully saturated rings. The Morgan fingerprint density at radius 1 is 1.10 bits per heavy atom. The van der Waals surface area contributed by atoms with Crippen LogP contribution in [-0.2, 0) is 4.79 Å². The van der Waals surface area contributed by atoms with Gasteiger partial charge in [-0.1, -0.05) is 12.1 Å². The maximum atomic E-state index is 11.5. The number of carboxylic acid groups (broad SMARTS) is 1. The van der Waals surface area contributed by atoms with Crippen molar-refractivity contribution in [2.45, 2.75) is 12.6 Å². The molecule has 8 nitrogen and oxygen atoms in total.